The van der Waals surface area contributed by atoms with E-state index < -0.39 is 31.7 Å². The minimum absolute atomic E-state index is 0.146. The summed E-state index contributed by atoms with van der Waals surface area (Å²) < 4.78 is 43.6. The molecule has 0 spiro atoms. The van der Waals surface area contributed by atoms with Crippen LogP contribution in [0, 0.1) is 5.82 Å². The fourth-order valence-corrected chi connectivity index (χ4v) is 3.48. The molecule has 2 rings (SSSR count). The third-order valence-electron chi connectivity index (χ3n) is 3.58. The molecule has 1 N–H and O–H groups in total. The van der Waals surface area contributed by atoms with Crippen LogP contribution in [-0.4, -0.2) is 26.7 Å². The Bertz CT molecular complexity index is 836. The van der Waals surface area contributed by atoms with Crippen LogP contribution in [0.25, 0.3) is 0 Å². The molecule has 1 unspecified atom stereocenters. The zero-order valence-electron chi connectivity index (χ0n) is 13.3. The van der Waals surface area contributed by atoms with Gasteiger partial charge in [0.2, 0.25) is 5.91 Å². The van der Waals surface area contributed by atoms with Crippen molar-refractivity contribution in [3.63, 3.8) is 0 Å². The van der Waals surface area contributed by atoms with Crippen molar-refractivity contribution in [2.45, 2.75) is 23.6 Å². The maximum absolute atomic E-state index is 13.7. The molecule has 0 aliphatic rings. The predicted octanol–water partition coefficient (Wildman–Crippen LogP) is 2.31. The Morgan fingerprint density at radius 1 is 1.21 bits per heavy atom. The zero-order chi connectivity index (χ0) is 17.7. The van der Waals surface area contributed by atoms with E-state index in [9.17, 15) is 17.6 Å². The Kier molecular flexibility index (Phi) is 5.56. The number of halogens is 1. The molecule has 1 amide bonds. The van der Waals surface area contributed by atoms with Crippen LogP contribution in [0.3, 0.4) is 0 Å². The maximum Gasteiger partial charge on any atom is 0.238 e. The van der Waals surface area contributed by atoms with Crippen molar-refractivity contribution in [2.24, 2.45) is 0 Å². The minimum atomic E-state index is -4.10. The van der Waals surface area contributed by atoms with E-state index in [4.69, 9.17) is 4.74 Å². The molecule has 24 heavy (non-hydrogen) atoms. The second-order valence-corrected chi connectivity index (χ2v) is 7.42. The third-order valence-corrected chi connectivity index (χ3v) is 5.67. The summed E-state index contributed by atoms with van der Waals surface area (Å²) in [5, 5.41) is 1.15. The second-order valence-electron chi connectivity index (χ2n) is 5.19. The molecule has 0 bridgehead atoms. The maximum atomic E-state index is 13.7. The topological polar surface area (TPSA) is 72.5 Å². The van der Waals surface area contributed by atoms with Crippen LogP contribution in [0.4, 0.5) is 4.39 Å². The summed E-state index contributed by atoms with van der Waals surface area (Å²) in [5.74, 6) is -0.931. The van der Waals surface area contributed by atoms with Crippen molar-refractivity contribution < 1.29 is 22.3 Å². The number of amides is 1. The van der Waals surface area contributed by atoms with Crippen molar-refractivity contribution >= 4 is 15.7 Å². The van der Waals surface area contributed by atoms with Crippen LogP contribution >= 0.6 is 0 Å². The summed E-state index contributed by atoms with van der Waals surface area (Å²) in [6.07, 6.45) is 0. The largest absolute Gasteiger partial charge is 0.497 e. The van der Waals surface area contributed by atoms with Gasteiger partial charge in [-0.05, 0) is 36.8 Å². The summed E-state index contributed by atoms with van der Waals surface area (Å²) in [6.45, 7) is 1.38. The highest BCUT2D eigenvalue weighted by molar-refractivity contribution is 7.92. The van der Waals surface area contributed by atoms with Crippen molar-refractivity contribution in [1.29, 1.82) is 0 Å². The van der Waals surface area contributed by atoms with Gasteiger partial charge < -0.3 is 10.1 Å². The summed E-state index contributed by atoms with van der Waals surface area (Å²) in [6, 6.07) is 12.0. The van der Waals surface area contributed by atoms with E-state index in [1.807, 2.05) is 0 Å². The quantitative estimate of drug-likeness (QED) is 0.867. The summed E-state index contributed by atoms with van der Waals surface area (Å²) in [7, 11) is -2.57. The van der Waals surface area contributed by atoms with Crippen LogP contribution in [-0.2, 0) is 21.2 Å². The molecular formula is C17H18FNO4S. The Labute approximate surface area is 140 Å². The van der Waals surface area contributed by atoms with E-state index in [-0.39, 0.29) is 6.54 Å². The van der Waals surface area contributed by atoms with Crippen molar-refractivity contribution in [2.75, 3.05) is 7.11 Å². The van der Waals surface area contributed by atoms with Gasteiger partial charge >= 0.3 is 0 Å². The Morgan fingerprint density at radius 2 is 1.92 bits per heavy atom. The zero-order valence-corrected chi connectivity index (χ0v) is 14.1. The van der Waals surface area contributed by atoms with Crippen molar-refractivity contribution in [1.82, 2.24) is 5.32 Å². The normalized spacial score (nSPS) is 12.5. The molecule has 128 valence electrons. The molecule has 5 nitrogen and oxygen atoms in total. The molecule has 0 saturated carbocycles. The molecule has 0 heterocycles. The Morgan fingerprint density at radius 3 is 2.58 bits per heavy atom. The molecule has 0 aliphatic heterocycles. The lowest BCUT2D eigenvalue weighted by atomic mass is 10.2. The summed E-state index contributed by atoms with van der Waals surface area (Å²) >= 11 is 0. The van der Waals surface area contributed by atoms with Gasteiger partial charge in [0.1, 0.15) is 21.7 Å². The van der Waals surface area contributed by atoms with Crippen molar-refractivity contribution in [3.8, 4) is 5.75 Å². The first-order chi connectivity index (χ1) is 11.4. The van der Waals surface area contributed by atoms with Gasteiger partial charge in [-0.15, -0.1) is 0 Å². The minimum Gasteiger partial charge on any atom is -0.497 e. The fourth-order valence-electron chi connectivity index (χ4n) is 2.12. The van der Waals surface area contributed by atoms with E-state index in [0.29, 0.717) is 5.75 Å². The monoisotopic (exact) mass is 351 g/mol. The number of methoxy groups -OCH3 is 1. The molecule has 0 aromatic heterocycles. The number of carbonyl (C=O) groups excluding carboxylic acids is 1. The van der Waals surface area contributed by atoms with Gasteiger partial charge in [-0.1, -0.05) is 24.3 Å². The van der Waals surface area contributed by atoms with Crippen LogP contribution in [0.1, 0.15) is 12.5 Å². The lowest BCUT2D eigenvalue weighted by Crippen LogP contribution is -2.37. The smallest absolute Gasteiger partial charge is 0.238 e. The second kappa shape index (κ2) is 7.44. The number of sulfone groups is 1. The van der Waals surface area contributed by atoms with Crippen LogP contribution < -0.4 is 10.1 Å². The lowest BCUT2D eigenvalue weighted by Gasteiger charge is -2.14. The van der Waals surface area contributed by atoms with Gasteiger partial charge in [-0.25, -0.2) is 12.8 Å². The van der Waals surface area contributed by atoms with Crippen molar-refractivity contribution in [3.05, 3.63) is 59.9 Å². The van der Waals surface area contributed by atoms with Gasteiger partial charge in [0.15, 0.2) is 9.84 Å². The molecular weight excluding hydrogens is 333 g/mol. The standard InChI is InChI=1S/C17H18FNO4S/c1-12(24(21,22)16-9-4-3-8-15(16)18)17(20)19-11-13-6-5-7-14(10-13)23-2/h3-10,12H,11H2,1-2H3,(H,19,20). The lowest BCUT2D eigenvalue weighted by molar-refractivity contribution is -0.120. The van der Waals surface area contributed by atoms with Gasteiger partial charge in [-0.3, -0.25) is 4.79 Å². The summed E-state index contributed by atoms with van der Waals surface area (Å²) in [4.78, 5) is 11.7. The first kappa shape index (κ1) is 17.9. The fraction of sp³-hybridized carbons (Fsp3) is 0.235. The number of carbonyl (C=O) groups is 1. The molecule has 0 aliphatic carbocycles. The van der Waals surface area contributed by atoms with E-state index in [1.54, 1.807) is 24.3 Å². The van der Waals surface area contributed by atoms with E-state index >= 15 is 0 Å². The first-order valence-corrected chi connectivity index (χ1v) is 8.80. The molecule has 0 saturated heterocycles. The van der Waals surface area contributed by atoms with Crippen LogP contribution in [0.5, 0.6) is 5.75 Å². The number of nitrogens with one attached hydrogen (secondary N) is 1. The SMILES string of the molecule is COc1cccc(CNC(=O)C(C)S(=O)(=O)c2ccccc2F)c1. The van der Waals surface area contributed by atoms with E-state index in [2.05, 4.69) is 5.32 Å². The first-order valence-electron chi connectivity index (χ1n) is 7.25. The number of rotatable bonds is 6. The average molecular weight is 351 g/mol. The van der Waals surface area contributed by atoms with E-state index in [0.717, 1.165) is 17.7 Å². The average Bonchev–Trinajstić information content (AvgIpc) is 2.59. The molecule has 2 aromatic carbocycles. The highest BCUT2D eigenvalue weighted by atomic mass is 32.2. The number of hydrogen-bond donors (Lipinski definition) is 1. The van der Waals surface area contributed by atoms with Gasteiger partial charge in [-0.2, -0.15) is 0 Å². The Balaban J connectivity index is 2.10. The van der Waals surface area contributed by atoms with E-state index in [1.165, 1.54) is 26.2 Å². The van der Waals surface area contributed by atoms with Gasteiger partial charge in [0.25, 0.3) is 0 Å². The predicted molar refractivity (Wildman–Crippen MR) is 87.9 cm³/mol. The number of ether oxygens (including phenoxy) is 1. The van der Waals surface area contributed by atoms with Gasteiger partial charge in [0, 0.05) is 6.54 Å². The molecule has 1 atom stereocenters. The molecule has 7 heteroatoms. The molecule has 2 aromatic rings. The van der Waals surface area contributed by atoms with Crippen LogP contribution in [0.15, 0.2) is 53.4 Å². The molecule has 0 radical (unpaired) electrons. The molecule has 0 fully saturated rings. The van der Waals surface area contributed by atoms with Crippen LogP contribution in [0.2, 0.25) is 0 Å². The van der Waals surface area contributed by atoms with Gasteiger partial charge in [0.05, 0.1) is 7.11 Å². The summed E-state index contributed by atoms with van der Waals surface area (Å²) in [5.41, 5.74) is 0.762. The highest BCUT2D eigenvalue weighted by Crippen LogP contribution is 2.19. The number of benzene rings is 2. The highest BCUT2D eigenvalue weighted by Gasteiger charge is 2.31. The third kappa shape index (κ3) is 3.91. The number of hydrogen-bond acceptors (Lipinski definition) is 4. The Hall–Kier alpha value is -2.41.